The molecule has 6 nitrogen and oxygen atoms in total. The van der Waals surface area contributed by atoms with E-state index in [9.17, 15) is 14.7 Å². The molecule has 0 aliphatic carbocycles. The molecule has 0 aromatic heterocycles. The van der Waals surface area contributed by atoms with Crippen LogP contribution in [-0.4, -0.2) is 41.5 Å². The molecule has 6 heteroatoms. The summed E-state index contributed by atoms with van der Waals surface area (Å²) < 4.78 is 9.86. The summed E-state index contributed by atoms with van der Waals surface area (Å²) >= 11 is 0. The zero-order valence-corrected chi connectivity index (χ0v) is 12.5. The maximum absolute atomic E-state index is 11.7. The van der Waals surface area contributed by atoms with Gasteiger partial charge >= 0.3 is 12.1 Å². The molecule has 2 atom stereocenters. The Morgan fingerprint density at radius 1 is 1.26 bits per heavy atom. The topological polar surface area (TPSA) is 84.9 Å². The minimum absolute atomic E-state index is 0.0296. The first kappa shape index (κ1) is 17.7. The van der Waals surface area contributed by atoms with Crippen LogP contribution in [0.25, 0.3) is 0 Å². The van der Waals surface area contributed by atoms with Crippen LogP contribution in [0.1, 0.15) is 41.5 Å². The fraction of sp³-hybridized carbons (Fsp3) is 0.846. The van der Waals surface area contributed by atoms with Crippen LogP contribution in [0.15, 0.2) is 0 Å². The van der Waals surface area contributed by atoms with Crippen molar-refractivity contribution >= 4 is 12.1 Å². The van der Waals surface area contributed by atoms with E-state index in [0.717, 1.165) is 0 Å². The number of esters is 1. The zero-order chi connectivity index (χ0) is 15.2. The van der Waals surface area contributed by atoms with Gasteiger partial charge in [0.15, 0.2) is 0 Å². The fourth-order valence-corrected chi connectivity index (χ4v) is 1.46. The van der Waals surface area contributed by atoms with Crippen molar-refractivity contribution in [2.45, 2.75) is 59.3 Å². The Bertz CT molecular complexity index is 309. The Kier molecular flexibility index (Phi) is 6.83. The molecule has 0 aliphatic heterocycles. The minimum atomic E-state index is -0.976. The highest BCUT2D eigenvalue weighted by Gasteiger charge is 2.27. The lowest BCUT2D eigenvalue weighted by molar-refractivity contribution is -0.144. The molecular formula is C13H25NO5. The third kappa shape index (κ3) is 8.42. The third-order valence-electron chi connectivity index (χ3n) is 2.27. The van der Waals surface area contributed by atoms with Crippen molar-refractivity contribution in [3.05, 3.63) is 0 Å². The summed E-state index contributed by atoms with van der Waals surface area (Å²) in [6.45, 7) is 10.1. The van der Waals surface area contributed by atoms with Gasteiger partial charge in [-0.05, 0) is 26.7 Å². The van der Waals surface area contributed by atoms with E-state index >= 15 is 0 Å². The van der Waals surface area contributed by atoms with Gasteiger partial charge in [0.05, 0.1) is 6.04 Å². The van der Waals surface area contributed by atoms with E-state index in [1.165, 1.54) is 6.92 Å². The second-order valence-electron chi connectivity index (χ2n) is 5.79. The van der Waals surface area contributed by atoms with Crippen molar-refractivity contribution in [2.24, 2.45) is 5.92 Å². The number of hydrogen-bond acceptors (Lipinski definition) is 5. The number of hydrogen-bond donors (Lipinski definition) is 2. The fourth-order valence-electron chi connectivity index (χ4n) is 1.46. The maximum atomic E-state index is 11.7. The van der Waals surface area contributed by atoms with Crippen molar-refractivity contribution in [2.75, 3.05) is 6.61 Å². The molecule has 0 radical (unpaired) electrons. The Morgan fingerprint density at radius 2 is 1.79 bits per heavy atom. The highest BCUT2D eigenvalue weighted by atomic mass is 16.6. The van der Waals surface area contributed by atoms with E-state index in [0.29, 0.717) is 0 Å². The van der Waals surface area contributed by atoms with Crippen LogP contribution in [0.5, 0.6) is 0 Å². The number of aliphatic hydroxyl groups excluding tert-OH is 1. The highest BCUT2D eigenvalue weighted by molar-refractivity contribution is 5.68. The molecule has 0 rings (SSSR count). The van der Waals surface area contributed by atoms with Gasteiger partial charge in [-0.2, -0.15) is 0 Å². The van der Waals surface area contributed by atoms with Crippen LogP contribution in [0.4, 0.5) is 4.79 Å². The van der Waals surface area contributed by atoms with Gasteiger partial charge in [-0.25, -0.2) is 4.79 Å². The summed E-state index contributed by atoms with van der Waals surface area (Å²) in [7, 11) is 0. The van der Waals surface area contributed by atoms with E-state index in [1.54, 1.807) is 20.8 Å². The summed E-state index contributed by atoms with van der Waals surface area (Å²) in [6, 6.07) is -0.547. The van der Waals surface area contributed by atoms with Gasteiger partial charge < -0.3 is 19.9 Å². The Balaban J connectivity index is 4.48. The molecule has 0 aromatic rings. The largest absolute Gasteiger partial charge is 0.463 e. The molecular weight excluding hydrogens is 250 g/mol. The average molecular weight is 275 g/mol. The van der Waals surface area contributed by atoms with Gasteiger partial charge in [-0.15, -0.1) is 0 Å². The summed E-state index contributed by atoms with van der Waals surface area (Å²) in [5.41, 5.74) is -0.605. The lowest BCUT2D eigenvalue weighted by Gasteiger charge is -2.28. The molecule has 0 saturated heterocycles. The van der Waals surface area contributed by atoms with Crippen molar-refractivity contribution in [3.8, 4) is 0 Å². The Morgan fingerprint density at radius 3 is 2.16 bits per heavy atom. The first-order valence-corrected chi connectivity index (χ1v) is 6.34. The van der Waals surface area contributed by atoms with Crippen molar-refractivity contribution in [1.82, 2.24) is 5.32 Å². The Hall–Kier alpha value is -1.30. The van der Waals surface area contributed by atoms with Gasteiger partial charge in [0, 0.05) is 6.92 Å². The number of ether oxygens (including phenoxy) is 2. The smallest absolute Gasteiger partial charge is 0.407 e. The molecule has 0 heterocycles. The van der Waals surface area contributed by atoms with E-state index in [1.807, 2.05) is 13.8 Å². The molecule has 19 heavy (non-hydrogen) atoms. The predicted molar refractivity (Wildman–Crippen MR) is 70.6 cm³/mol. The quantitative estimate of drug-likeness (QED) is 0.742. The predicted octanol–water partition coefficient (Wildman–Crippen LogP) is 1.46. The molecule has 112 valence electrons. The first-order chi connectivity index (χ1) is 8.53. The van der Waals surface area contributed by atoms with E-state index < -0.39 is 29.8 Å². The van der Waals surface area contributed by atoms with Crippen molar-refractivity contribution in [3.63, 3.8) is 0 Å². The molecule has 0 spiro atoms. The van der Waals surface area contributed by atoms with Gasteiger partial charge in [-0.3, -0.25) is 4.79 Å². The number of nitrogens with one attached hydrogen (secondary N) is 1. The molecule has 0 saturated carbocycles. The van der Waals surface area contributed by atoms with E-state index in [-0.39, 0.29) is 12.5 Å². The van der Waals surface area contributed by atoms with Crippen LogP contribution in [0.2, 0.25) is 0 Å². The molecule has 0 aromatic carbocycles. The Labute approximate surface area is 114 Å². The van der Waals surface area contributed by atoms with Gasteiger partial charge in [0.25, 0.3) is 0 Å². The average Bonchev–Trinajstić information content (AvgIpc) is 2.19. The van der Waals surface area contributed by atoms with E-state index in [2.05, 4.69) is 5.32 Å². The zero-order valence-electron chi connectivity index (χ0n) is 12.5. The second kappa shape index (κ2) is 7.33. The van der Waals surface area contributed by atoms with Crippen molar-refractivity contribution < 1.29 is 24.2 Å². The van der Waals surface area contributed by atoms with Gasteiger partial charge in [-0.1, -0.05) is 13.8 Å². The number of carbonyl (C=O) groups excluding carboxylic acids is 2. The van der Waals surface area contributed by atoms with E-state index in [4.69, 9.17) is 9.47 Å². The third-order valence-corrected chi connectivity index (χ3v) is 2.27. The summed E-state index contributed by atoms with van der Waals surface area (Å²) in [5, 5.41) is 12.5. The normalized spacial score (nSPS) is 14.7. The minimum Gasteiger partial charge on any atom is -0.463 e. The van der Waals surface area contributed by atoms with Crippen LogP contribution >= 0.6 is 0 Å². The standard InChI is InChI=1S/C13H25NO5/c1-8(2)11(10(16)7-18-9(3)15)14-12(17)19-13(4,5)6/h8,10-11,16H,7H2,1-6H3,(H,14,17)/t10?,11-/m0/s1. The van der Waals surface area contributed by atoms with Crippen molar-refractivity contribution in [1.29, 1.82) is 0 Å². The SMILES string of the molecule is CC(=O)OCC(O)[C@@H](NC(=O)OC(C)(C)C)C(C)C. The van der Waals surface area contributed by atoms with Crippen LogP contribution in [0.3, 0.4) is 0 Å². The monoisotopic (exact) mass is 275 g/mol. The summed E-state index contributed by atoms with van der Waals surface area (Å²) in [5.74, 6) is -0.503. The van der Waals surface area contributed by atoms with Gasteiger partial charge in [0.1, 0.15) is 18.3 Å². The summed E-state index contributed by atoms with van der Waals surface area (Å²) in [4.78, 5) is 22.4. The molecule has 1 amide bonds. The number of amides is 1. The number of carbonyl (C=O) groups is 2. The number of alkyl carbamates (subject to hydrolysis) is 1. The molecule has 0 bridgehead atoms. The second-order valence-corrected chi connectivity index (χ2v) is 5.79. The number of aliphatic hydroxyl groups is 1. The first-order valence-electron chi connectivity index (χ1n) is 6.34. The highest BCUT2D eigenvalue weighted by Crippen LogP contribution is 2.11. The summed E-state index contributed by atoms with van der Waals surface area (Å²) in [6.07, 6.45) is -1.58. The molecule has 2 N–H and O–H groups in total. The maximum Gasteiger partial charge on any atom is 0.407 e. The lowest BCUT2D eigenvalue weighted by atomic mass is 9.99. The van der Waals surface area contributed by atoms with Crippen LogP contribution in [-0.2, 0) is 14.3 Å². The molecule has 1 unspecified atom stereocenters. The molecule has 0 aliphatic rings. The van der Waals surface area contributed by atoms with Crippen LogP contribution < -0.4 is 5.32 Å². The van der Waals surface area contributed by atoms with Crippen LogP contribution in [0, 0.1) is 5.92 Å². The molecule has 0 fully saturated rings. The number of rotatable bonds is 5. The lowest BCUT2D eigenvalue weighted by Crippen LogP contribution is -2.50. The van der Waals surface area contributed by atoms with Gasteiger partial charge in [0.2, 0.25) is 0 Å².